The highest BCUT2D eigenvalue weighted by Crippen LogP contribution is 2.07. The molecular weight excluding hydrogens is 268 g/mol. The first kappa shape index (κ1) is 15.7. The van der Waals surface area contributed by atoms with E-state index in [4.69, 9.17) is 4.74 Å². The third-order valence-electron chi connectivity index (χ3n) is 2.55. The molecule has 1 aromatic heterocycles. The van der Waals surface area contributed by atoms with Crippen molar-refractivity contribution in [1.29, 1.82) is 0 Å². The monoisotopic (exact) mass is 286 g/mol. The minimum Gasteiger partial charge on any atom is -0.384 e. The number of sulfonamides is 1. The number of nitrogens with one attached hydrogen (secondary N) is 1. The van der Waals surface area contributed by atoms with E-state index < -0.39 is 10.0 Å². The van der Waals surface area contributed by atoms with Crippen molar-refractivity contribution >= 4 is 15.8 Å². The molecule has 7 heteroatoms. The van der Waals surface area contributed by atoms with E-state index in [0.29, 0.717) is 17.0 Å². The molecule has 1 N–H and O–H groups in total. The molecule has 0 amide bonds. The number of pyridine rings is 1. The van der Waals surface area contributed by atoms with Crippen molar-refractivity contribution in [3.05, 3.63) is 29.1 Å². The fraction of sp³-hybridized carbons (Fsp3) is 0.500. The molecule has 0 spiro atoms. The minimum atomic E-state index is -3.36. The van der Waals surface area contributed by atoms with Crippen LogP contribution >= 0.6 is 0 Å². The van der Waals surface area contributed by atoms with E-state index in [9.17, 15) is 13.2 Å². The number of methoxy groups -OCH3 is 1. The fourth-order valence-corrected chi connectivity index (χ4v) is 2.43. The van der Waals surface area contributed by atoms with Gasteiger partial charge < -0.3 is 4.74 Å². The van der Waals surface area contributed by atoms with Crippen molar-refractivity contribution in [3.63, 3.8) is 0 Å². The van der Waals surface area contributed by atoms with Gasteiger partial charge in [-0.25, -0.2) is 13.1 Å². The van der Waals surface area contributed by atoms with Gasteiger partial charge in [-0.3, -0.25) is 9.78 Å². The minimum absolute atomic E-state index is 0.0581. The largest absolute Gasteiger partial charge is 0.384 e. The van der Waals surface area contributed by atoms with Crippen molar-refractivity contribution < 1.29 is 17.9 Å². The Labute approximate surface area is 113 Å². The lowest BCUT2D eigenvalue weighted by Gasteiger charge is -2.07. The predicted octanol–water partition coefficient (Wildman–Crippen LogP) is 0.658. The molecule has 1 heterocycles. The van der Waals surface area contributed by atoms with Crippen LogP contribution in [-0.4, -0.2) is 38.7 Å². The molecule has 0 radical (unpaired) electrons. The van der Waals surface area contributed by atoms with Gasteiger partial charge in [0.15, 0.2) is 5.78 Å². The molecule has 0 fully saturated rings. The first-order valence-corrected chi connectivity index (χ1v) is 7.44. The number of aromatic nitrogens is 1. The number of carbonyl (C=O) groups excluding carboxylic acids is 1. The number of ketones is 1. The van der Waals surface area contributed by atoms with Crippen LogP contribution in [-0.2, 0) is 21.3 Å². The lowest BCUT2D eigenvalue weighted by molar-refractivity contribution is 0.101. The molecule has 0 unspecified atom stereocenters. The van der Waals surface area contributed by atoms with Crippen LogP contribution in [0.4, 0.5) is 0 Å². The summed E-state index contributed by atoms with van der Waals surface area (Å²) in [5.41, 5.74) is 1.72. The van der Waals surface area contributed by atoms with E-state index in [1.807, 2.05) is 0 Å². The predicted molar refractivity (Wildman–Crippen MR) is 71.5 cm³/mol. The topological polar surface area (TPSA) is 85.4 Å². The summed E-state index contributed by atoms with van der Waals surface area (Å²) in [5.74, 6) is -0.147. The Morgan fingerprint density at radius 2 is 2.11 bits per heavy atom. The average molecular weight is 286 g/mol. The van der Waals surface area contributed by atoms with Gasteiger partial charge in [0.2, 0.25) is 10.0 Å². The molecule has 0 saturated carbocycles. The van der Waals surface area contributed by atoms with Gasteiger partial charge in [-0.1, -0.05) is 0 Å². The zero-order chi connectivity index (χ0) is 14.5. The molecule has 106 valence electrons. The number of ether oxygens (including phenoxy) is 1. The molecule has 0 atom stereocenters. The van der Waals surface area contributed by atoms with Gasteiger partial charge in [0, 0.05) is 18.4 Å². The van der Waals surface area contributed by atoms with Crippen molar-refractivity contribution in [2.75, 3.05) is 19.5 Å². The third kappa shape index (κ3) is 5.06. The van der Waals surface area contributed by atoms with Crippen LogP contribution in [0.25, 0.3) is 0 Å². The SMILES string of the molecule is COCCS(=O)(=O)NCc1ccc(C(C)=O)c(C)n1. The number of aryl methyl sites for hydroxylation is 1. The van der Waals surface area contributed by atoms with Crippen molar-refractivity contribution in [1.82, 2.24) is 9.71 Å². The Kier molecular flexibility index (Phi) is 5.59. The quantitative estimate of drug-likeness (QED) is 0.744. The van der Waals surface area contributed by atoms with Gasteiger partial charge in [-0.05, 0) is 26.0 Å². The molecule has 0 aromatic carbocycles. The molecule has 6 nitrogen and oxygen atoms in total. The summed E-state index contributed by atoms with van der Waals surface area (Å²) >= 11 is 0. The van der Waals surface area contributed by atoms with Gasteiger partial charge in [0.25, 0.3) is 0 Å². The van der Waals surface area contributed by atoms with Gasteiger partial charge in [-0.2, -0.15) is 0 Å². The maximum Gasteiger partial charge on any atom is 0.214 e. The van der Waals surface area contributed by atoms with Crippen LogP contribution in [0.15, 0.2) is 12.1 Å². The number of hydrogen-bond acceptors (Lipinski definition) is 5. The molecule has 0 bridgehead atoms. The molecule has 0 aliphatic rings. The van der Waals surface area contributed by atoms with Gasteiger partial charge in [0.1, 0.15) is 0 Å². The second-order valence-corrected chi connectivity index (χ2v) is 6.05. The van der Waals surface area contributed by atoms with Crippen molar-refractivity contribution in [2.45, 2.75) is 20.4 Å². The van der Waals surface area contributed by atoms with Crippen LogP contribution in [0, 0.1) is 6.92 Å². The molecule has 0 aliphatic carbocycles. The maximum atomic E-state index is 11.5. The smallest absolute Gasteiger partial charge is 0.214 e. The number of carbonyl (C=O) groups is 1. The average Bonchev–Trinajstić information content (AvgIpc) is 2.34. The molecule has 0 saturated heterocycles. The molecule has 0 aliphatic heterocycles. The molecular formula is C12H18N2O4S. The Morgan fingerprint density at radius 3 is 2.63 bits per heavy atom. The number of nitrogens with zero attached hydrogens (tertiary/aromatic N) is 1. The second-order valence-electron chi connectivity index (χ2n) is 4.12. The highest BCUT2D eigenvalue weighted by molar-refractivity contribution is 7.89. The van der Waals surface area contributed by atoms with Crippen LogP contribution < -0.4 is 4.72 Å². The van der Waals surface area contributed by atoms with Gasteiger partial charge in [-0.15, -0.1) is 0 Å². The van der Waals surface area contributed by atoms with Crippen LogP contribution in [0.1, 0.15) is 28.7 Å². The first-order chi connectivity index (χ1) is 8.85. The lowest BCUT2D eigenvalue weighted by Crippen LogP contribution is -2.28. The van der Waals surface area contributed by atoms with E-state index >= 15 is 0 Å². The Balaban J connectivity index is 2.69. The van der Waals surface area contributed by atoms with Crippen LogP contribution in [0.3, 0.4) is 0 Å². The Hall–Kier alpha value is -1.31. The Morgan fingerprint density at radius 1 is 1.42 bits per heavy atom. The van der Waals surface area contributed by atoms with E-state index in [1.54, 1.807) is 19.1 Å². The van der Waals surface area contributed by atoms with Crippen molar-refractivity contribution in [2.24, 2.45) is 0 Å². The third-order valence-corrected chi connectivity index (χ3v) is 3.84. The molecule has 1 aromatic rings. The fourth-order valence-electron chi connectivity index (χ4n) is 1.53. The Bertz CT molecular complexity index is 555. The van der Waals surface area contributed by atoms with E-state index in [2.05, 4.69) is 9.71 Å². The summed E-state index contributed by atoms with van der Waals surface area (Å²) in [6, 6.07) is 3.30. The lowest BCUT2D eigenvalue weighted by atomic mass is 10.1. The summed E-state index contributed by atoms with van der Waals surface area (Å²) < 4.78 is 30.2. The summed E-state index contributed by atoms with van der Waals surface area (Å²) in [6.45, 7) is 3.44. The highest BCUT2D eigenvalue weighted by atomic mass is 32.2. The number of hydrogen-bond donors (Lipinski definition) is 1. The van der Waals surface area contributed by atoms with Crippen LogP contribution in [0.2, 0.25) is 0 Å². The van der Waals surface area contributed by atoms with Gasteiger partial charge >= 0.3 is 0 Å². The summed E-state index contributed by atoms with van der Waals surface area (Å²) in [5, 5.41) is 0. The molecule has 1 rings (SSSR count). The summed E-state index contributed by atoms with van der Waals surface area (Å²) in [7, 11) is -1.92. The number of Topliss-reactive ketones (excluding diaryl/α,β-unsaturated/α-hetero) is 1. The normalized spacial score (nSPS) is 11.5. The first-order valence-electron chi connectivity index (χ1n) is 5.79. The highest BCUT2D eigenvalue weighted by Gasteiger charge is 2.11. The maximum absolute atomic E-state index is 11.5. The van der Waals surface area contributed by atoms with Crippen molar-refractivity contribution in [3.8, 4) is 0 Å². The zero-order valence-electron chi connectivity index (χ0n) is 11.3. The number of rotatable bonds is 7. The zero-order valence-corrected chi connectivity index (χ0v) is 12.1. The second kappa shape index (κ2) is 6.74. The van der Waals surface area contributed by atoms with E-state index in [0.717, 1.165) is 0 Å². The standard InChI is InChI=1S/C12H18N2O4S/c1-9-12(10(2)15)5-4-11(14-9)8-13-19(16,17)7-6-18-3/h4-5,13H,6-8H2,1-3H3. The van der Waals surface area contributed by atoms with Gasteiger partial charge in [0.05, 0.1) is 24.6 Å². The molecule has 19 heavy (non-hydrogen) atoms. The van der Waals surface area contributed by atoms with E-state index in [-0.39, 0.29) is 24.7 Å². The summed E-state index contributed by atoms with van der Waals surface area (Å²) in [6.07, 6.45) is 0. The summed E-state index contributed by atoms with van der Waals surface area (Å²) in [4.78, 5) is 15.4. The van der Waals surface area contributed by atoms with Crippen LogP contribution in [0.5, 0.6) is 0 Å². The van der Waals surface area contributed by atoms with E-state index in [1.165, 1.54) is 14.0 Å².